The smallest absolute Gasteiger partial charge is 0.234 e. The van der Waals surface area contributed by atoms with Crippen molar-refractivity contribution in [1.29, 1.82) is 0 Å². The molecule has 4 heteroatoms. The maximum absolute atomic E-state index is 12.0. The van der Waals surface area contributed by atoms with Crippen LogP contribution in [-0.2, 0) is 17.9 Å². The van der Waals surface area contributed by atoms with Crippen LogP contribution >= 0.6 is 0 Å². The lowest BCUT2D eigenvalue weighted by atomic mass is 10.0. The lowest BCUT2D eigenvalue weighted by molar-refractivity contribution is -0.122. The normalized spacial score (nSPS) is 11.0. The third-order valence-corrected chi connectivity index (χ3v) is 3.77. The van der Waals surface area contributed by atoms with Crippen LogP contribution in [-0.4, -0.2) is 24.4 Å². The van der Waals surface area contributed by atoms with Crippen LogP contribution < -0.4 is 5.32 Å². The zero-order chi connectivity index (χ0) is 16.1. The minimum Gasteiger partial charge on any atom is -0.467 e. The third-order valence-electron chi connectivity index (χ3n) is 3.77. The molecule has 0 fully saturated rings. The number of likely N-dealkylation sites (N-methyl/N-ethyl adjacent to an activating group) is 1. The summed E-state index contributed by atoms with van der Waals surface area (Å²) in [6.45, 7) is 1.51. The number of carbonyl (C=O) groups is 1. The summed E-state index contributed by atoms with van der Waals surface area (Å²) >= 11 is 0. The average Bonchev–Trinajstić information content (AvgIpc) is 3.07. The number of nitrogens with zero attached hydrogens (tertiary/aromatic N) is 1. The summed E-state index contributed by atoms with van der Waals surface area (Å²) in [6.07, 6.45) is 1.61. The van der Waals surface area contributed by atoms with Gasteiger partial charge in [-0.15, -0.1) is 0 Å². The number of carbonyl (C=O) groups excluding carboxylic acids is 1. The van der Waals surface area contributed by atoms with Gasteiger partial charge in [-0.05, 0) is 35.5 Å². The minimum atomic E-state index is -0.0101. The third kappa shape index (κ3) is 3.99. The summed E-state index contributed by atoms with van der Waals surface area (Å²) in [5, 5.41) is 5.32. The summed E-state index contributed by atoms with van der Waals surface area (Å²) < 4.78 is 5.20. The highest BCUT2D eigenvalue weighted by molar-refractivity contribution is 5.85. The van der Waals surface area contributed by atoms with Crippen LogP contribution in [0.15, 0.2) is 65.3 Å². The topological polar surface area (TPSA) is 45.5 Å². The molecule has 0 spiro atoms. The van der Waals surface area contributed by atoms with Crippen molar-refractivity contribution in [3.05, 3.63) is 72.2 Å². The molecule has 118 valence electrons. The molecule has 1 N–H and O–H groups in total. The van der Waals surface area contributed by atoms with Gasteiger partial charge < -0.3 is 9.73 Å². The van der Waals surface area contributed by atoms with Gasteiger partial charge in [0.1, 0.15) is 5.76 Å². The molecule has 23 heavy (non-hydrogen) atoms. The number of furan rings is 1. The van der Waals surface area contributed by atoms with E-state index in [2.05, 4.69) is 35.6 Å². The van der Waals surface area contributed by atoms with Crippen molar-refractivity contribution < 1.29 is 9.21 Å². The van der Waals surface area contributed by atoms with Gasteiger partial charge in [-0.1, -0.05) is 42.5 Å². The largest absolute Gasteiger partial charge is 0.467 e. The maximum Gasteiger partial charge on any atom is 0.234 e. The van der Waals surface area contributed by atoms with Gasteiger partial charge in [-0.2, -0.15) is 0 Å². The van der Waals surface area contributed by atoms with E-state index in [9.17, 15) is 4.79 Å². The highest BCUT2D eigenvalue weighted by Crippen LogP contribution is 2.19. The molecule has 1 aromatic heterocycles. The van der Waals surface area contributed by atoms with Gasteiger partial charge in [0.2, 0.25) is 5.91 Å². The molecule has 0 bridgehead atoms. The minimum absolute atomic E-state index is 0.0101. The van der Waals surface area contributed by atoms with E-state index >= 15 is 0 Å². The molecule has 2 aromatic carbocycles. The van der Waals surface area contributed by atoms with Gasteiger partial charge in [0.05, 0.1) is 19.4 Å². The maximum atomic E-state index is 12.0. The first-order valence-corrected chi connectivity index (χ1v) is 7.66. The second kappa shape index (κ2) is 7.11. The lowest BCUT2D eigenvalue weighted by Gasteiger charge is -2.17. The van der Waals surface area contributed by atoms with E-state index in [0.29, 0.717) is 13.1 Å². The van der Waals surface area contributed by atoms with E-state index in [-0.39, 0.29) is 5.91 Å². The molecule has 0 saturated heterocycles. The fourth-order valence-electron chi connectivity index (χ4n) is 2.68. The van der Waals surface area contributed by atoms with E-state index < -0.39 is 0 Å². The molecule has 0 aliphatic heterocycles. The highest BCUT2D eigenvalue weighted by Gasteiger charge is 2.09. The van der Waals surface area contributed by atoms with Gasteiger partial charge in [0.25, 0.3) is 0 Å². The van der Waals surface area contributed by atoms with Crippen molar-refractivity contribution >= 4 is 16.7 Å². The first-order chi connectivity index (χ1) is 11.2. The van der Waals surface area contributed by atoms with Gasteiger partial charge in [-0.3, -0.25) is 9.69 Å². The summed E-state index contributed by atoms with van der Waals surface area (Å²) in [5.41, 5.74) is 1.23. The Bertz CT molecular complexity index is 776. The average molecular weight is 308 g/mol. The van der Waals surface area contributed by atoms with Gasteiger partial charge >= 0.3 is 0 Å². The molecule has 1 amide bonds. The standard InChI is InChI=1S/C19H20N2O2/c1-21(14-19(22)20-12-17-9-5-11-23-17)13-16-8-4-7-15-6-2-3-10-18(15)16/h2-11H,12-14H2,1H3,(H,20,22). The Morgan fingerprint density at radius 2 is 1.91 bits per heavy atom. The quantitative estimate of drug-likeness (QED) is 0.761. The zero-order valence-corrected chi connectivity index (χ0v) is 13.2. The van der Waals surface area contributed by atoms with E-state index in [1.807, 2.05) is 36.2 Å². The van der Waals surface area contributed by atoms with Gasteiger partial charge in [-0.25, -0.2) is 0 Å². The second-order valence-corrected chi connectivity index (χ2v) is 5.67. The van der Waals surface area contributed by atoms with Gasteiger partial charge in [0, 0.05) is 6.54 Å². The van der Waals surface area contributed by atoms with Crippen molar-refractivity contribution in [3.8, 4) is 0 Å². The van der Waals surface area contributed by atoms with Crippen LogP contribution in [0.2, 0.25) is 0 Å². The molecule has 0 unspecified atom stereocenters. The SMILES string of the molecule is CN(CC(=O)NCc1ccco1)Cc1cccc2ccccc12. The van der Waals surface area contributed by atoms with Crippen LogP contribution in [0.1, 0.15) is 11.3 Å². The predicted octanol–water partition coefficient (Wildman–Crippen LogP) is 3.18. The number of nitrogens with one attached hydrogen (secondary N) is 1. The number of fused-ring (bicyclic) bond motifs is 1. The molecule has 1 heterocycles. The Hall–Kier alpha value is -2.59. The van der Waals surface area contributed by atoms with Crippen molar-refractivity contribution in [2.24, 2.45) is 0 Å². The molecule has 0 aliphatic rings. The number of rotatable bonds is 6. The van der Waals surface area contributed by atoms with E-state index in [1.165, 1.54) is 16.3 Å². The van der Waals surface area contributed by atoms with Crippen LogP contribution in [0.4, 0.5) is 0 Å². The number of hydrogen-bond donors (Lipinski definition) is 1. The summed E-state index contributed by atoms with van der Waals surface area (Å²) in [7, 11) is 1.95. The molecular weight excluding hydrogens is 288 g/mol. The molecule has 0 atom stereocenters. The first kappa shape index (κ1) is 15.3. The number of benzene rings is 2. The van der Waals surface area contributed by atoms with E-state index in [1.54, 1.807) is 6.26 Å². The summed E-state index contributed by atoms with van der Waals surface area (Å²) in [5.74, 6) is 0.749. The van der Waals surface area contributed by atoms with E-state index in [0.717, 1.165) is 12.3 Å². The Kier molecular flexibility index (Phi) is 4.74. The van der Waals surface area contributed by atoms with Crippen molar-refractivity contribution in [3.63, 3.8) is 0 Å². The molecule has 4 nitrogen and oxygen atoms in total. The molecule has 0 saturated carbocycles. The first-order valence-electron chi connectivity index (χ1n) is 7.66. The monoisotopic (exact) mass is 308 g/mol. The van der Waals surface area contributed by atoms with Crippen LogP contribution in [0.25, 0.3) is 10.8 Å². The van der Waals surface area contributed by atoms with Crippen LogP contribution in [0, 0.1) is 0 Å². The molecule has 3 rings (SSSR count). The lowest BCUT2D eigenvalue weighted by Crippen LogP contribution is -2.34. The number of hydrogen-bond acceptors (Lipinski definition) is 3. The van der Waals surface area contributed by atoms with Crippen molar-refractivity contribution in [2.45, 2.75) is 13.1 Å². The summed E-state index contributed by atoms with van der Waals surface area (Å²) in [4.78, 5) is 14.0. The molecular formula is C19H20N2O2. The Morgan fingerprint density at radius 1 is 1.09 bits per heavy atom. The van der Waals surface area contributed by atoms with Crippen molar-refractivity contribution in [1.82, 2.24) is 10.2 Å². The summed E-state index contributed by atoms with van der Waals surface area (Å²) in [6, 6.07) is 18.2. The molecule has 3 aromatic rings. The number of amides is 1. The fraction of sp³-hybridized carbons (Fsp3) is 0.211. The van der Waals surface area contributed by atoms with E-state index in [4.69, 9.17) is 4.42 Å². The Morgan fingerprint density at radius 3 is 2.74 bits per heavy atom. The Labute approximate surface area is 135 Å². The van der Waals surface area contributed by atoms with Crippen molar-refractivity contribution in [2.75, 3.05) is 13.6 Å². The molecule has 0 aliphatic carbocycles. The Balaban J connectivity index is 1.58. The van der Waals surface area contributed by atoms with Gasteiger partial charge in [0.15, 0.2) is 0 Å². The highest BCUT2D eigenvalue weighted by atomic mass is 16.3. The zero-order valence-electron chi connectivity index (χ0n) is 13.2. The predicted molar refractivity (Wildman–Crippen MR) is 90.8 cm³/mol. The molecule has 0 radical (unpaired) electrons. The fourth-order valence-corrected chi connectivity index (χ4v) is 2.68. The second-order valence-electron chi connectivity index (χ2n) is 5.67. The van der Waals surface area contributed by atoms with Crippen LogP contribution in [0.5, 0.6) is 0 Å². The van der Waals surface area contributed by atoms with Crippen LogP contribution in [0.3, 0.4) is 0 Å².